The molecule has 4 N–H and O–H groups in total. The average molecular weight is 382 g/mol. The van der Waals surface area contributed by atoms with Crippen molar-refractivity contribution in [3.63, 3.8) is 0 Å². The lowest BCUT2D eigenvalue weighted by atomic mass is 10.0. The molecule has 1 aliphatic rings. The van der Waals surface area contributed by atoms with Crippen LogP contribution in [0.1, 0.15) is 5.56 Å². The lowest BCUT2D eigenvalue weighted by Gasteiger charge is -2.13. The first-order valence-electron chi connectivity index (χ1n) is 8.63. The molecule has 2 heterocycles. The number of hydrogen-bond acceptors (Lipinski definition) is 6. The summed E-state index contributed by atoms with van der Waals surface area (Å²) in [7, 11) is 0. The lowest BCUT2D eigenvalue weighted by Crippen LogP contribution is -2.26. The largest absolute Gasteiger partial charge is 0.478 e. The maximum Gasteiger partial charge on any atom is 0.328 e. The van der Waals surface area contributed by atoms with Crippen LogP contribution >= 0.6 is 0 Å². The quantitative estimate of drug-likeness (QED) is 0.565. The zero-order chi connectivity index (χ0) is 20.4. The van der Waals surface area contributed by atoms with E-state index in [0.717, 1.165) is 42.4 Å². The van der Waals surface area contributed by atoms with Crippen molar-refractivity contribution in [1.82, 2.24) is 10.3 Å². The molecule has 0 unspecified atom stereocenters. The van der Waals surface area contributed by atoms with Gasteiger partial charge in [-0.05, 0) is 24.6 Å². The van der Waals surface area contributed by atoms with Gasteiger partial charge in [-0.25, -0.2) is 9.59 Å². The van der Waals surface area contributed by atoms with E-state index in [2.05, 4.69) is 45.7 Å². The van der Waals surface area contributed by atoms with Crippen molar-refractivity contribution in [2.24, 2.45) is 4.99 Å². The van der Waals surface area contributed by atoms with Crippen molar-refractivity contribution in [1.29, 1.82) is 0 Å². The van der Waals surface area contributed by atoms with E-state index in [1.54, 1.807) is 0 Å². The fraction of sp³-hybridized carbons (Fsp3) is 0.200. The Bertz CT molecular complexity index is 877. The first-order chi connectivity index (χ1) is 13.5. The van der Waals surface area contributed by atoms with E-state index in [-0.39, 0.29) is 0 Å². The molecule has 0 saturated carbocycles. The molecule has 0 fully saturated rings. The summed E-state index contributed by atoms with van der Waals surface area (Å²) in [6, 6.07) is 12.3. The second kappa shape index (κ2) is 10.5. The summed E-state index contributed by atoms with van der Waals surface area (Å²) < 4.78 is 0. The number of nitrogens with one attached hydrogen (secondary N) is 2. The Labute approximate surface area is 162 Å². The first-order valence-corrected chi connectivity index (χ1v) is 8.63. The van der Waals surface area contributed by atoms with Crippen LogP contribution < -0.4 is 10.6 Å². The first kappa shape index (κ1) is 20.6. The number of nitrogens with zero attached hydrogens (tertiary/aromatic N) is 2. The van der Waals surface area contributed by atoms with E-state index in [1.165, 1.54) is 5.56 Å². The standard InChI is InChI=1S/C16H18N4.C4H4O4/c1-12-5-4-8-19-16(12)13-6-2-3-7-14(13)20-11-15-17-9-10-18-15;5-3(6)1-2-4(7)8/h2-8,20H,9-11H2,1H3,(H,17,18);1-2H,(H,5,6)(H,7,8)/b;2-1+. The summed E-state index contributed by atoms with van der Waals surface area (Å²) in [5.74, 6) is -1.49. The van der Waals surface area contributed by atoms with Crippen molar-refractivity contribution in [2.45, 2.75) is 6.92 Å². The second-order valence-electron chi connectivity index (χ2n) is 5.83. The van der Waals surface area contributed by atoms with Gasteiger partial charge < -0.3 is 20.8 Å². The van der Waals surface area contributed by atoms with Crippen molar-refractivity contribution < 1.29 is 19.8 Å². The molecule has 2 aromatic rings. The summed E-state index contributed by atoms with van der Waals surface area (Å²) in [4.78, 5) is 28.0. The number of para-hydroxylation sites is 1. The third-order valence-electron chi connectivity index (χ3n) is 3.75. The second-order valence-corrected chi connectivity index (χ2v) is 5.83. The minimum Gasteiger partial charge on any atom is -0.478 e. The van der Waals surface area contributed by atoms with Crippen molar-refractivity contribution >= 4 is 23.5 Å². The summed E-state index contributed by atoms with van der Waals surface area (Å²) in [5.41, 5.74) is 4.42. The van der Waals surface area contributed by atoms with Gasteiger partial charge in [0.15, 0.2) is 0 Å². The molecule has 146 valence electrons. The van der Waals surface area contributed by atoms with Crippen LogP contribution in [-0.2, 0) is 9.59 Å². The number of aliphatic imine (C=N–C) groups is 1. The third kappa shape index (κ3) is 6.56. The zero-order valence-electron chi connectivity index (χ0n) is 15.4. The van der Waals surface area contributed by atoms with E-state index in [1.807, 2.05) is 24.4 Å². The number of carbonyl (C=O) groups is 2. The fourth-order valence-electron chi connectivity index (χ4n) is 2.50. The molecule has 1 aliphatic heterocycles. The Kier molecular flexibility index (Phi) is 7.71. The smallest absolute Gasteiger partial charge is 0.328 e. The average Bonchev–Trinajstić information content (AvgIpc) is 3.20. The van der Waals surface area contributed by atoms with Gasteiger partial charge in [0.1, 0.15) is 5.84 Å². The van der Waals surface area contributed by atoms with Crippen molar-refractivity contribution in [3.8, 4) is 11.3 Å². The van der Waals surface area contributed by atoms with Crippen molar-refractivity contribution in [3.05, 3.63) is 60.3 Å². The summed E-state index contributed by atoms with van der Waals surface area (Å²) in [6.45, 7) is 4.63. The molecule has 0 radical (unpaired) electrons. The van der Waals surface area contributed by atoms with Gasteiger partial charge in [0.2, 0.25) is 0 Å². The van der Waals surface area contributed by atoms with Gasteiger partial charge >= 0.3 is 11.9 Å². The normalized spacial score (nSPS) is 12.5. The topological polar surface area (TPSA) is 124 Å². The molecule has 8 heteroatoms. The van der Waals surface area contributed by atoms with Gasteiger partial charge in [0.25, 0.3) is 0 Å². The Morgan fingerprint density at radius 1 is 1.14 bits per heavy atom. The Morgan fingerprint density at radius 3 is 2.46 bits per heavy atom. The maximum atomic E-state index is 9.55. The van der Waals surface area contributed by atoms with Crippen LogP contribution in [0.25, 0.3) is 11.3 Å². The predicted octanol–water partition coefficient (Wildman–Crippen LogP) is 2.18. The number of amidine groups is 1. The third-order valence-corrected chi connectivity index (χ3v) is 3.75. The van der Waals surface area contributed by atoms with Gasteiger partial charge in [-0.15, -0.1) is 0 Å². The molecule has 0 aliphatic carbocycles. The Morgan fingerprint density at radius 2 is 1.86 bits per heavy atom. The van der Waals surface area contributed by atoms with Crippen molar-refractivity contribution in [2.75, 3.05) is 25.0 Å². The van der Waals surface area contributed by atoms with E-state index in [0.29, 0.717) is 12.2 Å². The molecule has 0 bridgehead atoms. The van der Waals surface area contributed by atoms with Crippen LogP contribution in [0.2, 0.25) is 0 Å². The highest BCUT2D eigenvalue weighted by molar-refractivity contribution is 5.90. The highest BCUT2D eigenvalue weighted by atomic mass is 16.4. The van der Waals surface area contributed by atoms with Crippen LogP contribution in [0.4, 0.5) is 5.69 Å². The number of aryl methyl sites for hydroxylation is 1. The van der Waals surface area contributed by atoms with Gasteiger partial charge in [0, 0.05) is 36.1 Å². The SMILES string of the molecule is Cc1cccnc1-c1ccccc1NCC1=NCCN1.O=C(O)/C=C/C(=O)O. The van der Waals surface area contributed by atoms with E-state index in [4.69, 9.17) is 10.2 Å². The van der Waals surface area contributed by atoms with Crippen LogP contribution in [0.5, 0.6) is 0 Å². The number of carboxylic acids is 2. The summed E-state index contributed by atoms with van der Waals surface area (Å²) in [5, 5.41) is 22.3. The number of anilines is 1. The van der Waals surface area contributed by atoms with Crippen LogP contribution in [-0.4, -0.2) is 52.6 Å². The molecule has 28 heavy (non-hydrogen) atoms. The van der Waals surface area contributed by atoms with Gasteiger partial charge in [-0.3, -0.25) is 9.98 Å². The number of pyridine rings is 1. The zero-order valence-corrected chi connectivity index (χ0v) is 15.4. The molecule has 3 rings (SSSR count). The Balaban J connectivity index is 0.000000300. The van der Waals surface area contributed by atoms with Gasteiger partial charge in [0.05, 0.1) is 18.8 Å². The molecule has 0 saturated heterocycles. The molecule has 0 atom stereocenters. The molecule has 1 aromatic carbocycles. The predicted molar refractivity (Wildman–Crippen MR) is 108 cm³/mol. The minimum atomic E-state index is -1.26. The highest BCUT2D eigenvalue weighted by Crippen LogP contribution is 2.28. The van der Waals surface area contributed by atoms with E-state index in [9.17, 15) is 9.59 Å². The maximum absolute atomic E-state index is 9.55. The molecular weight excluding hydrogens is 360 g/mol. The number of aromatic nitrogens is 1. The minimum absolute atomic E-state index is 0.558. The molecule has 0 spiro atoms. The van der Waals surface area contributed by atoms with Gasteiger partial charge in [-0.1, -0.05) is 24.3 Å². The fourth-order valence-corrected chi connectivity index (χ4v) is 2.50. The summed E-state index contributed by atoms with van der Waals surface area (Å²) in [6.07, 6.45) is 2.95. The Hall–Kier alpha value is -3.68. The molecule has 1 aromatic heterocycles. The van der Waals surface area contributed by atoms with E-state index >= 15 is 0 Å². The number of benzene rings is 1. The monoisotopic (exact) mass is 382 g/mol. The van der Waals surface area contributed by atoms with Crippen LogP contribution in [0.15, 0.2) is 59.7 Å². The number of aliphatic carboxylic acids is 2. The van der Waals surface area contributed by atoms with Crippen LogP contribution in [0.3, 0.4) is 0 Å². The van der Waals surface area contributed by atoms with E-state index < -0.39 is 11.9 Å². The number of hydrogen-bond donors (Lipinski definition) is 4. The van der Waals surface area contributed by atoms with Gasteiger partial charge in [-0.2, -0.15) is 0 Å². The molecular formula is C20H22N4O4. The molecule has 0 amide bonds. The summed E-state index contributed by atoms with van der Waals surface area (Å²) >= 11 is 0. The highest BCUT2D eigenvalue weighted by Gasteiger charge is 2.10. The molecule has 8 nitrogen and oxygen atoms in total. The van der Waals surface area contributed by atoms with Crippen LogP contribution in [0, 0.1) is 6.92 Å². The lowest BCUT2D eigenvalue weighted by molar-refractivity contribution is -0.134. The number of rotatable bonds is 6. The number of carboxylic acid groups (broad SMARTS) is 2.